The van der Waals surface area contributed by atoms with Gasteiger partial charge >= 0.3 is 0 Å². The zero-order chi connectivity index (χ0) is 17.9. The Hall–Kier alpha value is -2.25. The summed E-state index contributed by atoms with van der Waals surface area (Å²) in [6.07, 6.45) is 2.72. The van der Waals surface area contributed by atoms with E-state index in [0.717, 1.165) is 61.6 Å². The van der Waals surface area contributed by atoms with Crippen molar-refractivity contribution in [2.75, 3.05) is 31.6 Å². The molecule has 1 saturated heterocycles. The molecule has 4 rings (SSSR count). The molecule has 0 unspecified atom stereocenters. The second-order valence-electron chi connectivity index (χ2n) is 6.86. The maximum absolute atomic E-state index is 12.6. The number of para-hydroxylation sites is 2. The lowest BCUT2D eigenvalue weighted by atomic mass is 10.0. The normalized spacial score (nSPS) is 17.0. The average molecular weight is 392 g/mol. The number of nitrogens with one attached hydrogen (secondary N) is 3. The van der Waals surface area contributed by atoms with E-state index in [4.69, 9.17) is 4.74 Å². The van der Waals surface area contributed by atoms with Crippen LogP contribution >= 0.6 is 12.4 Å². The van der Waals surface area contributed by atoms with E-state index >= 15 is 0 Å². The van der Waals surface area contributed by atoms with E-state index in [1.165, 1.54) is 0 Å². The SMILES string of the molecule is COc1ccccc1N1CCC(NC(=O)c2n[nH]c3c2CNCC3)CC1.Cl. The highest BCUT2D eigenvalue weighted by molar-refractivity contribution is 5.94. The Balaban J connectivity index is 0.00000210. The zero-order valence-electron chi connectivity index (χ0n) is 15.5. The summed E-state index contributed by atoms with van der Waals surface area (Å²) in [7, 11) is 1.70. The summed E-state index contributed by atoms with van der Waals surface area (Å²) >= 11 is 0. The minimum Gasteiger partial charge on any atom is -0.495 e. The summed E-state index contributed by atoms with van der Waals surface area (Å²) in [4.78, 5) is 15.0. The van der Waals surface area contributed by atoms with Crippen molar-refractivity contribution in [3.8, 4) is 5.75 Å². The summed E-state index contributed by atoms with van der Waals surface area (Å²) < 4.78 is 5.46. The molecule has 1 fully saturated rings. The number of hydrogen-bond donors (Lipinski definition) is 3. The molecule has 7 nitrogen and oxygen atoms in total. The van der Waals surface area contributed by atoms with Gasteiger partial charge in [-0.2, -0.15) is 5.10 Å². The number of aromatic amines is 1. The van der Waals surface area contributed by atoms with Crippen LogP contribution in [0.2, 0.25) is 0 Å². The van der Waals surface area contributed by atoms with Crippen molar-refractivity contribution in [3.63, 3.8) is 0 Å². The van der Waals surface area contributed by atoms with Crippen LogP contribution in [0.1, 0.15) is 34.6 Å². The number of benzene rings is 1. The van der Waals surface area contributed by atoms with Crippen LogP contribution in [0.15, 0.2) is 24.3 Å². The number of methoxy groups -OCH3 is 1. The summed E-state index contributed by atoms with van der Waals surface area (Å²) in [5.74, 6) is 0.826. The predicted octanol–water partition coefficient (Wildman–Crippen LogP) is 1.88. The van der Waals surface area contributed by atoms with Crippen LogP contribution in [0.4, 0.5) is 5.69 Å². The van der Waals surface area contributed by atoms with Gasteiger partial charge in [0.05, 0.1) is 12.8 Å². The van der Waals surface area contributed by atoms with Gasteiger partial charge < -0.3 is 20.3 Å². The number of rotatable bonds is 4. The van der Waals surface area contributed by atoms with E-state index in [2.05, 4.69) is 31.8 Å². The van der Waals surface area contributed by atoms with Crippen molar-refractivity contribution in [3.05, 3.63) is 41.2 Å². The highest BCUT2D eigenvalue weighted by atomic mass is 35.5. The summed E-state index contributed by atoms with van der Waals surface area (Å²) in [6, 6.07) is 8.26. The maximum Gasteiger partial charge on any atom is 0.272 e. The highest BCUT2D eigenvalue weighted by Crippen LogP contribution is 2.30. The number of aromatic nitrogens is 2. The molecule has 0 aliphatic carbocycles. The number of hydrogen-bond acceptors (Lipinski definition) is 5. The van der Waals surface area contributed by atoms with Gasteiger partial charge in [0.2, 0.25) is 0 Å². The number of amides is 1. The molecule has 1 amide bonds. The maximum atomic E-state index is 12.6. The molecular weight excluding hydrogens is 366 g/mol. The molecule has 0 bridgehead atoms. The fraction of sp³-hybridized carbons (Fsp3) is 0.474. The average Bonchev–Trinajstić information content (AvgIpc) is 3.13. The van der Waals surface area contributed by atoms with Gasteiger partial charge in [-0.25, -0.2) is 0 Å². The molecule has 146 valence electrons. The van der Waals surface area contributed by atoms with Crippen LogP contribution in [0, 0.1) is 0 Å². The predicted molar refractivity (Wildman–Crippen MR) is 107 cm³/mol. The topological polar surface area (TPSA) is 82.3 Å². The van der Waals surface area contributed by atoms with Crippen molar-refractivity contribution in [1.82, 2.24) is 20.8 Å². The molecule has 8 heteroatoms. The van der Waals surface area contributed by atoms with E-state index in [1.54, 1.807) is 7.11 Å². The van der Waals surface area contributed by atoms with Crippen molar-refractivity contribution >= 4 is 24.0 Å². The fourth-order valence-electron chi connectivity index (χ4n) is 3.82. The highest BCUT2D eigenvalue weighted by Gasteiger charge is 2.26. The van der Waals surface area contributed by atoms with Gasteiger partial charge in [0, 0.05) is 49.9 Å². The fourth-order valence-corrected chi connectivity index (χ4v) is 3.82. The largest absolute Gasteiger partial charge is 0.495 e. The third kappa shape index (κ3) is 4.04. The minimum absolute atomic E-state index is 0. The van der Waals surface area contributed by atoms with Gasteiger partial charge in [-0.15, -0.1) is 12.4 Å². The molecule has 0 atom stereocenters. The Morgan fingerprint density at radius 1 is 1.30 bits per heavy atom. The third-order valence-electron chi connectivity index (χ3n) is 5.28. The van der Waals surface area contributed by atoms with Gasteiger partial charge in [0.25, 0.3) is 5.91 Å². The Morgan fingerprint density at radius 2 is 2.07 bits per heavy atom. The quantitative estimate of drug-likeness (QED) is 0.741. The van der Waals surface area contributed by atoms with Gasteiger partial charge in [0.1, 0.15) is 5.75 Å². The number of ether oxygens (including phenoxy) is 1. The molecule has 3 heterocycles. The van der Waals surface area contributed by atoms with E-state index in [-0.39, 0.29) is 24.4 Å². The molecule has 2 aromatic rings. The molecule has 2 aliphatic heterocycles. The van der Waals surface area contributed by atoms with Crippen LogP contribution < -0.4 is 20.3 Å². The second kappa shape index (κ2) is 8.63. The first-order valence-corrected chi connectivity index (χ1v) is 9.22. The zero-order valence-corrected chi connectivity index (χ0v) is 16.3. The number of halogens is 1. The number of anilines is 1. The van der Waals surface area contributed by atoms with Crippen LogP contribution in [0.5, 0.6) is 5.75 Å². The number of carbonyl (C=O) groups excluding carboxylic acids is 1. The third-order valence-corrected chi connectivity index (χ3v) is 5.28. The van der Waals surface area contributed by atoms with Crippen LogP contribution in [-0.4, -0.2) is 48.9 Å². The lowest BCUT2D eigenvalue weighted by molar-refractivity contribution is 0.0924. The van der Waals surface area contributed by atoms with E-state index in [0.29, 0.717) is 12.2 Å². The van der Waals surface area contributed by atoms with Gasteiger partial charge in [-0.05, 0) is 25.0 Å². The molecule has 27 heavy (non-hydrogen) atoms. The van der Waals surface area contributed by atoms with Gasteiger partial charge in [0.15, 0.2) is 5.69 Å². The van der Waals surface area contributed by atoms with Crippen molar-refractivity contribution in [1.29, 1.82) is 0 Å². The van der Waals surface area contributed by atoms with Gasteiger partial charge in [-0.1, -0.05) is 12.1 Å². The molecule has 0 saturated carbocycles. The second-order valence-corrected chi connectivity index (χ2v) is 6.86. The number of fused-ring (bicyclic) bond motifs is 1. The standard InChI is InChI=1S/C19H25N5O2.ClH/c1-26-17-5-3-2-4-16(17)24-10-7-13(8-11-24)21-19(25)18-14-12-20-9-6-15(14)22-23-18;/h2-5,13,20H,6-12H2,1H3,(H,21,25)(H,22,23);1H. The lowest BCUT2D eigenvalue weighted by Crippen LogP contribution is -2.45. The molecule has 0 radical (unpaired) electrons. The Bertz CT molecular complexity index is 786. The summed E-state index contributed by atoms with van der Waals surface area (Å²) in [5.41, 5.74) is 3.76. The number of nitrogens with zero attached hydrogens (tertiary/aromatic N) is 2. The Kier molecular flexibility index (Phi) is 6.23. The van der Waals surface area contributed by atoms with E-state index in [9.17, 15) is 4.79 Å². The summed E-state index contributed by atoms with van der Waals surface area (Å²) in [5, 5.41) is 13.7. The molecule has 3 N–H and O–H groups in total. The number of carbonyl (C=O) groups is 1. The Labute approximate surface area is 165 Å². The molecular formula is C19H26ClN5O2. The molecule has 1 aromatic carbocycles. The number of H-pyrrole nitrogens is 1. The first-order chi connectivity index (χ1) is 12.8. The minimum atomic E-state index is -0.0676. The van der Waals surface area contributed by atoms with Crippen molar-refractivity contribution in [2.45, 2.75) is 31.8 Å². The summed E-state index contributed by atoms with van der Waals surface area (Å²) in [6.45, 7) is 3.43. The first kappa shape index (κ1) is 19.5. The van der Waals surface area contributed by atoms with E-state index < -0.39 is 0 Å². The van der Waals surface area contributed by atoms with Crippen LogP contribution in [-0.2, 0) is 13.0 Å². The van der Waals surface area contributed by atoms with Gasteiger partial charge in [-0.3, -0.25) is 9.89 Å². The Morgan fingerprint density at radius 3 is 2.85 bits per heavy atom. The smallest absolute Gasteiger partial charge is 0.272 e. The molecule has 1 aromatic heterocycles. The van der Waals surface area contributed by atoms with E-state index in [1.807, 2.05) is 18.2 Å². The lowest BCUT2D eigenvalue weighted by Gasteiger charge is -2.34. The number of piperidine rings is 1. The monoisotopic (exact) mass is 391 g/mol. The molecule has 0 spiro atoms. The van der Waals surface area contributed by atoms with Crippen LogP contribution in [0.25, 0.3) is 0 Å². The van der Waals surface area contributed by atoms with Crippen molar-refractivity contribution in [2.24, 2.45) is 0 Å². The van der Waals surface area contributed by atoms with Crippen molar-refractivity contribution < 1.29 is 9.53 Å². The molecule has 2 aliphatic rings. The van der Waals surface area contributed by atoms with Crippen LogP contribution in [0.3, 0.4) is 0 Å². The first-order valence-electron chi connectivity index (χ1n) is 9.22.